The summed E-state index contributed by atoms with van der Waals surface area (Å²) in [6.45, 7) is 0.771. The van der Waals surface area contributed by atoms with Crippen molar-refractivity contribution < 1.29 is 27.1 Å². The molecule has 1 fully saturated rings. The monoisotopic (exact) mass is 366 g/mol. The number of carbonyl (C=O) groups is 1. The van der Waals surface area contributed by atoms with Crippen LogP contribution in [0.5, 0.6) is 0 Å². The summed E-state index contributed by atoms with van der Waals surface area (Å²) in [7, 11) is 1.54. The normalized spacial score (nSPS) is 15.5. The lowest BCUT2D eigenvalue weighted by molar-refractivity contribution is -0.137. The Hall–Kier alpha value is -2.88. The molecular weight excluding hydrogens is 353 g/mol. The summed E-state index contributed by atoms with van der Waals surface area (Å²) >= 11 is 0. The molecule has 136 valence electrons. The maximum Gasteiger partial charge on any atom is 0.417 e. The SMILES string of the molecule is COC1CN(C(=O)c2cnc3c(-c4cnco4)cc(C(F)(F)F)cn23)C1. The van der Waals surface area contributed by atoms with Gasteiger partial charge in [-0.1, -0.05) is 0 Å². The zero-order valence-electron chi connectivity index (χ0n) is 13.5. The summed E-state index contributed by atoms with van der Waals surface area (Å²) in [6.07, 6.45) is -0.114. The highest BCUT2D eigenvalue weighted by atomic mass is 19.4. The topological polar surface area (TPSA) is 72.9 Å². The van der Waals surface area contributed by atoms with Crippen LogP contribution in [-0.2, 0) is 10.9 Å². The highest BCUT2D eigenvalue weighted by Crippen LogP contribution is 2.34. The van der Waals surface area contributed by atoms with E-state index in [1.807, 2.05) is 0 Å². The molecular formula is C16H13F3N4O3. The number of nitrogens with zero attached hydrogens (tertiary/aromatic N) is 4. The van der Waals surface area contributed by atoms with Crippen LogP contribution >= 0.6 is 0 Å². The van der Waals surface area contributed by atoms with Crippen LogP contribution in [0.4, 0.5) is 13.2 Å². The van der Waals surface area contributed by atoms with Gasteiger partial charge in [0, 0.05) is 26.4 Å². The molecule has 0 spiro atoms. The molecule has 0 atom stereocenters. The average molecular weight is 366 g/mol. The standard InChI is InChI=1S/C16H13F3N4O3/c1-25-10-6-22(7-10)15(24)12-3-21-14-11(13-4-20-8-26-13)2-9(5-23(12)14)16(17,18)19/h2-5,8,10H,6-7H2,1H3. The molecule has 1 aliphatic rings. The Labute approximate surface area is 145 Å². The number of imidazole rings is 1. The van der Waals surface area contributed by atoms with E-state index in [1.54, 1.807) is 7.11 Å². The lowest BCUT2D eigenvalue weighted by Gasteiger charge is -2.37. The molecule has 1 saturated heterocycles. The van der Waals surface area contributed by atoms with Crippen molar-refractivity contribution in [1.82, 2.24) is 19.3 Å². The van der Waals surface area contributed by atoms with E-state index in [-0.39, 0.29) is 28.8 Å². The molecule has 4 heterocycles. The maximum absolute atomic E-state index is 13.3. The van der Waals surface area contributed by atoms with Crippen LogP contribution in [0, 0.1) is 0 Å². The summed E-state index contributed by atoms with van der Waals surface area (Å²) in [4.78, 5) is 22.0. The van der Waals surface area contributed by atoms with Crippen molar-refractivity contribution in [2.75, 3.05) is 20.2 Å². The van der Waals surface area contributed by atoms with Gasteiger partial charge in [0.1, 0.15) is 11.3 Å². The zero-order valence-corrected chi connectivity index (χ0v) is 13.5. The van der Waals surface area contributed by atoms with Gasteiger partial charge in [0.25, 0.3) is 5.91 Å². The Bertz CT molecular complexity index is 959. The highest BCUT2D eigenvalue weighted by Gasteiger charge is 2.35. The number of alkyl halides is 3. The Kier molecular flexibility index (Phi) is 3.72. The molecule has 0 radical (unpaired) electrons. The number of hydrogen-bond acceptors (Lipinski definition) is 5. The van der Waals surface area contributed by atoms with Gasteiger partial charge in [-0.25, -0.2) is 9.97 Å². The van der Waals surface area contributed by atoms with Crippen LogP contribution in [-0.4, -0.2) is 51.5 Å². The smallest absolute Gasteiger partial charge is 0.417 e. The van der Waals surface area contributed by atoms with Crippen molar-refractivity contribution in [3.05, 3.63) is 42.3 Å². The van der Waals surface area contributed by atoms with E-state index in [0.29, 0.717) is 13.1 Å². The van der Waals surface area contributed by atoms with Crippen molar-refractivity contribution >= 4 is 11.6 Å². The van der Waals surface area contributed by atoms with Crippen LogP contribution in [0.2, 0.25) is 0 Å². The molecule has 1 amide bonds. The van der Waals surface area contributed by atoms with Crippen molar-refractivity contribution in [3.63, 3.8) is 0 Å². The molecule has 0 N–H and O–H groups in total. The van der Waals surface area contributed by atoms with Gasteiger partial charge in [-0.15, -0.1) is 0 Å². The number of likely N-dealkylation sites (tertiary alicyclic amines) is 1. The Morgan fingerprint density at radius 3 is 2.73 bits per heavy atom. The van der Waals surface area contributed by atoms with E-state index < -0.39 is 17.6 Å². The van der Waals surface area contributed by atoms with Gasteiger partial charge in [-0.2, -0.15) is 13.2 Å². The summed E-state index contributed by atoms with van der Waals surface area (Å²) in [5.74, 6) is -0.275. The number of halogens is 3. The second-order valence-electron chi connectivity index (χ2n) is 5.91. The fraction of sp³-hybridized carbons (Fsp3) is 0.312. The van der Waals surface area contributed by atoms with Gasteiger partial charge >= 0.3 is 6.18 Å². The molecule has 0 unspecified atom stereocenters. The van der Waals surface area contributed by atoms with Gasteiger partial charge in [0.15, 0.2) is 12.2 Å². The third kappa shape index (κ3) is 2.62. The van der Waals surface area contributed by atoms with Gasteiger partial charge in [-0.3, -0.25) is 9.20 Å². The Morgan fingerprint density at radius 1 is 1.35 bits per heavy atom. The number of carbonyl (C=O) groups excluding carboxylic acids is 1. The molecule has 0 saturated carbocycles. The number of amides is 1. The van der Waals surface area contributed by atoms with Crippen molar-refractivity contribution in [1.29, 1.82) is 0 Å². The Balaban J connectivity index is 1.84. The van der Waals surface area contributed by atoms with Crippen LogP contribution in [0.3, 0.4) is 0 Å². The number of fused-ring (bicyclic) bond motifs is 1. The fourth-order valence-electron chi connectivity index (χ4n) is 2.85. The highest BCUT2D eigenvalue weighted by molar-refractivity contribution is 5.94. The van der Waals surface area contributed by atoms with Crippen molar-refractivity contribution in [3.8, 4) is 11.3 Å². The minimum Gasteiger partial charge on any atom is -0.443 e. The van der Waals surface area contributed by atoms with Crippen LogP contribution < -0.4 is 0 Å². The van der Waals surface area contributed by atoms with E-state index >= 15 is 0 Å². The zero-order chi connectivity index (χ0) is 18.5. The molecule has 3 aromatic heterocycles. The van der Waals surface area contributed by atoms with Crippen LogP contribution in [0.1, 0.15) is 16.1 Å². The fourth-order valence-corrected chi connectivity index (χ4v) is 2.85. The van der Waals surface area contributed by atoms with Gasteiger partial charge < -0.3 is 14.1 Å². The summed E-state index contributed by atoms with van der Waals surface area (Å²) in [6, 6.07) is 0.932. The quantitative estimate of drug-likeness (QED) is 0.712. The summed E-state index contributed by atoms with van der Waals surface area (Å²) < 4.78 is 51.3. The molecule has 3 aromatic rings. The van der Waals surface area contributed by atoms with Crippen LogP contribution in [0.25, 0.3) is 17.0 Å². The lowest BCUT2D eigenvalue weighted by Crippen LogP contribution is -2.54. The summed E-state index contributed by atoms with van der Waals surface area (Å²) in [5.41, 5.74) is -0.583. The number of ether oxygens (including phenoxy) is 1. The Morgan fingerprint density at radius 2 is 2.12 bits per heavy atom. The number of rotatable bonds is 3. The number of methoxy groups -OCH3 is 1. The van der Waals surface area contributed by atoms with Crippen LogP contribution in [0.15, 0.2) is 35.5 Å². The largest absolute Gasteiger partial charge is 0.443 e. The van der Waals surface area contributed by atoms with E-state index in [4.69, 9.17) is 9.15 Å². The number of oxazole rings is 1. The molecule has 4 rings (SSSR count). The summed E-state index contributed by atoms with van der Waals surface area (Å²) in [5, 5.41) is 0. The maximum atomic E-state index is 13.3. The molecule has 1 aliphatic heterocycles. The number of hydrogen-bond donors (Lipinski definition) is 0. The number of pyridine rings is 1. The first kappa shape index (κ1) is 16.6. The van der Waals surface area contributed by atoms with Gasteiger partial charge in [0.05, 0.1) is 29.6 Å². The lowest BCUT2D eigenvalue weighted by atomic mass is 10.1. The molecule has 0 aliphatic carbocycles. The predicted octanol–water partition coefficient (Wildman–Crippen LogP) is 2.48. The molecule has 0 aromatic carbocycles. The first-order valence-corrected chi connectivity index (χ1v) is 7.67. The number of aromatic nitrogens is 3. The minimum absolute atomic E-state index is 0.0430. The van der Waals surface area contributed by atoms with Gasteiger partial charge in [0.2, 0.25) is 0 Å². The molecule has 0 bridgehead atoms. The van der Waals surface area contributed by atoms with E-state index in [0.717, 1.165) is 23.1 Å². The molecule has 7 nitrogen and oxygen atoms in total. The minimum atomic E-state index is -4.59. The average Bonchev–Trinajstić information content (AvgIpc) is 3.21. The predicted molar refractivity (Wildman–Crippen MR) is 82.4 cm³/mol. The first-order chi connectivity index (χ1) is 12.4. The van der Waals surface area contributed by atoms with Gasteiger partial charge in [-0.05, 0) is 6.07 Å². The van der Waals surface area contributed by atoms with Crippen molar-refractivity contribution in [2.24, 2.45) is 0 Å². The van der Waals surface area contributed by atoms with E-state index in [2.05, 4.69) is 9.97 Å². The molecule has 10 heteroatoms. The van der Waals surface area contributed by atoms with E-state index in [1.165, 1.54) is 17.3 Å². The van der Waals surface area contributed by atoms with Crippen molar-refractivity contribution in [2.45, 2.75) is 12.3 Å². The first-order valence-electron chi connectivity index (χ1n) is 7.67. The second kappa shape index (κ2) is 5.84. The second-order valence-corrected chi connectivity index (χ2v) is 5.91. The third-order valence-electron chi connectivity index (χ3n) is 4.32. The van der Waals surface area contributed by atoms with E-state index in [9.17, 15) is 18.0 Å². The third-order valence-corrected chi connectivity index (χ3v) is 4.32. The molecule has 26 heavy (non-hydrogen) atoms.